The lowest BCUT2D eigenvalue weighted by molar-refractivity contribution is 0.600. The lowest BCUT2D eigenvalue weighted by Gasteiger charge is -2.10. The van der Waals surface area contributed by atoms with E-state index in [0.717, 1.165) is 0 Å². The number of nitrogens with zero attached hydrogens (tertiary/aromatic N) is 3. The van der Waals surface area contributed by atoms with Gasteiger partial charge in [-0.3, -0.25) is 0 Å². The van der Waals surface area contributed by atoms with E-state index in [0.29, 0.717) is 18.1 Å². The average Bonchev–Trinajstić information content (AvgIpc) is 2.58. The van der Waals surface area contributed by atoms with Gasteiger partial charge < -0.3 is 5.73 Å². The third-order valence-electron chi connectivity index (χ3n) is 2.80. The number of hydrogen-bond donors (Lipinski definition) is 1. The molecule has 0 amide bonds. The minimum absolute atomic E-state index is 0.119. The molecule has 0 spiro atoms. The van der Waals surface area contributed by atoms with Crippen molar-refractivity contribution >= 4 is 15.8 Å². The highest BCUT2D eigenvalue weighted by atomic mass is 32.2. The van der Waals surface area contributed by atoms with Crippen molar-refractivity contribution in [2.45, 2.75) is 32.1 Å². The van der Waals surface area contributed by atoms with E-state index in [-0.39, 0.29) is 29.3 Å². The van der Waals surface area contributed by atoms with E-state index in [4.69, 9.17) is 5.73 Å². The monoisotopic (exact) mass is 256 g/mol. The topological polar surface area (TPSA) is 98.8 Å². The Morgan fingerprint density at radius 1 is 1.29 bits per heavy atom. The summed E-state index contributed by atoms with van der Waals surface area (Å²) in [6, 6.07) is 0. The van der Waals surface area contributed by atoms with Crippen LogP contribution in [0.1, 0.15) is 43.8 Å². The van der Waals surface area contributed by atoms with Crippen LogP contribution < -0.4 is 5.73 Å². The molecule has 1 aromatic rings. The first-order valence-corrected chi connectivity index (χ1v) is 7.41. The zero-order valence-corrected chi connectivity index (χ0v) is 10.7. The summed E-state index contributed by atoms with van der Waals surface area (Å²) in [5.41, 5.74) is 5.62. The van der Waals surface area contributed by atoms with E-state index in [2.05, 4.69) is 15.0 Å². The van der Waals surface area contributed by atoms with Gasteiger partial charge in [0.15, 0.2) is 9.84 Å². The molecule has 0 radical (unpaired) electrons. The van der Waals surface area contributed by atoms with Crippen molar-refractivity contribution in [3.8, 4) is 0 Å². The Hall–Kier alpha value is -1.24. The Morgan fingerprint density at radius 3 is 2.53 bits per heavy atom. The van der Waals surface area contributed by atoms with Gasteiger partial charge in [0.1, 0.15) is 11.6 Å². The lowest BCUT2D eigenvalue weighted by atomic mass is 10.1. The van der Waals surface area contributed by atoms with E-state index in [1.807, 2.05) is 13.8 Å². The van der Waals surface area contributed by atoms with Crippen molar-refractivity contribution in [3.63, 3.8) is 0 Å². The summed E-state index contributed by atoms with van der Waals surface area (Å²) in [4.78, 5) is 12.4. The molecule has 1 aromatic heterocycles. The van der Waals surface area contributed by atoms with Crippen LogP contribution in [0.5, 0.6) is 0 Å². The van der Waals surface area contributed by atoms with Gasteiger partial charge in [-0.25, -0.2) is 13.4 Å². The predicted molar refractivity (Wildman–Crippen MR) is 64.3 cm³/mol. The first-order chi connectivity index (χ1) is 7.87. The highest BCUT2D eigenvalue weighted by molar-refractivity contribution is 7.91. The highest BCUT2D eigenvalue weighted by Gasteiger charge is 2.31. The molecule has 1 aliphatic rings. The minimum atomic E-state index is -2.93. The highest BCUT2D eigenvalue weighted by Crippen LogP contribution is 2.27. The first-order valence-electron chi connectivity index (χ1n) is 5.59. The van der Waals surface area contributed by atoms with Gasteiger partial charge >= 0.3 is 0 Å². The van der Waals surface area contributed by atoms with E-state index in [9.17, 15) is 8.42 Å². The van der Waals surface area contributed by atoms with Gasteiger partial charge in [-0.05, 0) is 6.42 Å². The third kappa shape index (κ3) is 2.71. The van der Waals surface area contributed by atoms with Crippen LogP contribution in [0.4, 0.5) is 5.95 Å². The quantitative estimate of drug-likeness (QED) is 0.826. The molecule has 1 atom stereocenters. The number of hydrogen-bond acceptors (Lipinski definition) is 6. The molecule has 1 aliphatic heterocycles. The summed E-state index contributed by atoms with van der Waals surface area (Å²) in [5.74, 6) is 1.65. The van der Waals surface area contributed by atoms with Gasteiger partial charge in [0.2, 0.25) is 5.95 Å². The molecule has 1 fully saturated rings. The van der Waals surface area contributed by atoms with Crippen molar-refractivity contribution in [1.82, 2.24) is 15.0 Å². The van der Waals surface area contributed by atoms with Gasteiger partial charge in [-0.1, -0.05) is 13.8 Å². The van der Waals surface area contributed by atoms with Gasteiger partial charge in [0.25, 0.3) is 0 Å². The summed E-state index contributed by atoms with van der Waals surface area (Å²) in [6.07, 6.45) is 0.573. The van der Waals surface area contributed by atoms with Crippen molar-refractivity contribution < 1.29 is 8.42 Å². The smallest absolute Gasteiger partial charge is 0.223 e. The Bertz CT molecular complexity index is 527. The molecule has 1 unspecified atom stereocenters. The number of sulfone groups is 1. The molecule has 1 saturated heterocycles. The maximum absolute atomic E-state index is 11.4. The molecule has 2 N–H and O–H groups in total. The maximum atomic E-state index is 11.4. The predicted octanol–water partition coefficient (Wildman–Crippen LogP) is 0.479. The van der Waals surface area contributed by atoms with E-state index in [1.54, 1.807) is 0 Å². The Balaban J connectivity index is 2.33. The fraction of sp³-hybridized carbons (Fsp3) is 0.700. The summed E-state index contributed by atoms with van der Waals surface area (Å²) < 4.78 is 22.8. The third-order valence-corrected chi connectivity index (χ3v) is 4.57. The zero-order valence-electron chi connectivity index (χ0n) is 9.92. The van der Waals surface area contributed by atoms with Crippen molar-refractivity contribution in [3.05, 3.63) is 11.6 Å². The molecule has 0 aliphatic carbocycles. The molecule has 0 bridgehead atoms. The van der Waals surface area contributed by atoms with Gasteiger partial charge in [0, 0.05) is 11.8 Å². The maximum Gasteiger partial charge on any atom is 0.223 e. The Morgan fingerprint density at radius 2 is 2.00 bits per heavy atom. The summed E-state index contributed by atoms with van der Waals surface area (Å²) in [5, 5.41) is 0. The van der Waals surface area contributed by atoms with Gasteiger partial charge in [-0.15, -0.1) is 0 Å². The Labute approximate surface area is 101 Å². The largest absolute Gasteiger partial charge is 0.368 e. The second-order valence-electron chi connectivity index (χ2n) is 4.66. The van der Waals surface area contributed by atoms with E-state index < -0.39 is 9.84 Å². The van der Waals surface area contributed by atoms with Crippen molar-refractivity contribution in [2.75, 3.05) is 17.2 Å². The molecule has 2 rings (SSSR count). The van der Waals surface area contributed by atoms with Crippen LogP contribution >= 0.6 is 0 Å². The molecular formula is C10H16N4O2S. The molecule has 2 heterocycles. The zero-order chi connectivity index (χ0) is 12.6. The van der Waals surface area contributed by atoms with Gasteiger partial charge in [-0.2, -0.15) is 9.97 Å². The fourth-order valence-electron chi connectivity index (χ4n) is 1.87. The van der Waals surface area contributed by atoms with E-state index in [1.165, 1.54) is 0 Å². The van der Waals surface area contributed by atoms with Crippen molar-refractivity contribution in [1.29, 1.82) is 0 Å². The molecule has 7 heteroatoms. The second-order valence-corrected chi connectivity index (χ2v) is 6.89. The van der Waals surface area contributed by atoms with Crippen molar-refractivity contribution in [2.24, 2.45) is 0 Å². The van der Waals surface area contributed by atoms with Crippen LogP contribution in [0, 0.1) is 0 Å². The van der Waals surface area contributed by atoms with Crippen LogP contribution in [-0.2, 0) is 9.84 Å². The van der Waals surface area contributed by atoms with Gasteiger partial charge in [0.05, 0.1) is 11.5 Å². The number of aromatic nitrogens is 3. The second kappa shape index (κ2) is 4.21. The molecule has 94 valence electrons. The van der Waals surface area contributed by atoms with Crippen LogP contribution in [0.15, 0.2) is 0 Å². The summed E-state index contributed by atoms with van der Waals surface area (Å²) in [6.45, 7) is 3.92. The van der Waals surface area contributed by atoms with Crippen LogP contribution in [-0.4, -0.2) is 34.9 Å². The standard InChI is InChI=1S/C10H16N4O2S/c1-6(2)8-12-9(14-10(11)13-8)7-3-4-17(15,16)5-7/h6-7H,3-5H2,1-2H3,(H2,11,12,13,14). The molecule has 0 aromatic carbocycles. The number of nitrogens with two attached hydrogens (primary N) is 1. The fourth-order valence-corrected chi connectivity index (χ4v) is 3.61. The number of nitrogen functional groups attached to an aromatic ring is 1. The number of rotatable bonds is 2. The Kier molecular flexibility index (Phi) is 3.03. The summed E-state index contributed by atoms with van der Waals surface area (Å²) >= 11 is 0. The van der Waals surface area contributed by atoms with Crippen LogP contribution in [0.3, 0.4) is 0 Å². The normalized spacial score (nSPS) is 23.1. The van der Waals surface area contributed by atoms with Crippen LogP contribution in [0.2, 0.25) is 0 Å². The molecule has 6 nitrogen and oxygen atoms in total. The SMILES string of the molecule is CC(C)c1nc(N)nc(C2CCS(=O)(=O)C2)n1. The van der Waals surface area contributed by atoms with Crippen LogP contribution in [0.25, 0.3) is 0 Å². The van der Waals surface area contributed by atoms with E-state index >= 15 is 0 Å². The molecule has 0 saturated carbocycles. The summed E-state index contributed by atoms with van der Waals surface area (Å²) in [7, 11) is -2.93. The number of anilines is 1. The first kappa shape index (κ1) is 12.2. The average molecular weight is 256 g/mol. The molecular weight excluding hydrogens is 240 g/mol. The minimum Gasteiger partial charge on any atom is -0.368 e. The lowest BCUT2D eigenvalue weighted by Crippen LogP contribution is -2.13. The molecule has 17 heavy (non-hydrogen) atoms.